The van der Waals surface area contributed by atoms with Crippen molar-refractivity contribution in [3.8, 4) is 0 Å². The highest BCUT2D eigenvalue weighted by atomic mass is 35.5. The minimum absolute atomic E-state index is 0.0698. The molecule has 0 fully saturated rings. The summed E-state index contributed by atoms with van der Waals surface area (Å²) >= 11 is 23.6. The quantitative estimate of drug-likeness (QED) is 0.371. The van der Waals surface area contributed by atoms with E-state index in [2.05, 4.69) is 0 Å². The molecule has 0 saturated heterocycles. The molecule has 0 amide bonds. The van der Waals surface area contributed by atoms with Crippen LogP contribution in [-0.4, -0.2) is 4.57 Å². The lowest BCUT2D eigenvalue weighted by Gasteiger charge is -2.02. The van der Waals surface area contributed by atoms with Crippen molar-refractivity contribution in [3.05, 3.63) is 25.9 Å². The number of nitrogens with zero attached hydrogens (tertiary/aromatic N) is 2. The molecule has 1 aromatic heterocycles. The fraction of sp³-hybridized carbons (Fsp3) is 0.300. The summed E-state index contributed by atoms with van der Waals surface area (Å²) in [5, 5.41) is -0.286. The van der Waals surface area contributed by atoms with Gasteiger partial charge in [0.1, 0.15) is 10.0 Å². The number of fused-ring (bicyclic) bond motifs is 1. The second kappa shape index (κ2) is 4.58. The fourth-order valence-electron chi connectivity index (χ4n) is 2.04. The zero-order chi connectivity index (χ0) is 14.7. The van der Waals surface area contributed by atoms with Gasteiger partial charge in [0.2, 0.25) is 0 Å². The highest BCUT2D eigenvalue weighted by molar-refractivity contribution is 6.54. The molecule has 0 bridgehead atoms. The molecule has 0 radical (unpaired) electrons. The average Bonchev–Trinajstić information content (AvgIpc) is 2.55. The minimum Gasteiger partial charge on any atom is -0.220 e. The van der Waals surface area contributed by atoms with E-state index in [1.807, 2.05) is 0 Å². The largest absolute Gasteiger partial charge is 0.495 e. The molecule has 1 aromatic carbocycles. The number of hydrogen-bond donors (Lipinski definition) is 0. The third kappa shape index (κ3) is 2.07. The molecule has 0 aliphatic rings. The van der Waals surface area contributed by atoms with Crippen molar-refractivity contribution in [2.75, 3.05) is 0 Å². The Kier molecular flexibility index (Phi) is 3.63. The lowest BCUT2D eigenvalue weighted by atomic mass is 10.3. The number of imidazole rings is 1. The molecule has 2 nitrogen and oxygen atoms in total. The van der Waals surface area contributed by atoms with Crippen LogP contribution in [0.15, 0.2) is 0 Å². The van der Waals surface area contributed by atoms with E-state index in [4.69, 9.17) is 46.4 Å². The number of benzene rings is 1. The number of rotatable bonds is 0. The van der Waals surface area contributed by atoms with Crippen molar-refractivity contribution >= 4 is 57.4 Å². The average molecular weight is 353 g/mol. The summed E-state index contributed by atoms with van der Waals surface area (Å²) in [4.78, 5) is 0. The molecule has 0 spiro atoms. The van der Waals surface area contributed by atoms with E-state index >= 15 is 0 Å². The summed E-state index contributed by atoms with van der Waals surface area (Å²) in [6.07, 6.45) is -4.56. The Balaban J connectivity index is 3.10. The van der Waals surface area contributed by atoms with E-state index < -0.39 is 12.0 Å². The van der Waals surface area contributed by atoms with E-state index in [-0.39, 0.29) is 31.1 Å². The molecule has 1 heterocycles. The van der Waals surface area contributed by atoms with Gasteiger partial charge in [0.05, 0.1) is 24.1 Å². The van der Waals surface area contributed by atoms with Crippen LogP contribution in [0.2, 0.25) is 20.1 Å². The van der Waals surface area contributed by atoms with Crippen LogP contribution in [0.4, 0.5) is 13.2 Å². The van der Waals surface area contributed by atoms with Gasteiger partial charge in [-0.2, -0.15) is 13.2 Å². The molecule has 2 aromatic rings. The van der Waals surface area contributed by atoms with E-state index in [0.29, 0.717) is 0 Å². The predicted molar refractivity (Wildman–Crippen MR) is 69.1 cm³/mol. The van der Waals surface area contributed by atoms with Crippen LogP contribution in [-0.2, 0) is 20.3 Å². The molecule has 0 unspecified atom stereocenters. The Morgan fingerprint density at radius 3 is 1.89 bits per heavy atom. The molecule has 19 heavy (non-hydrogen) atoms. The number of aromatic nitrogens is 2. The predicted octanol–water partition coefficient (Wildman–Crippen LogP) is 4.64. The third-order valence-corrected chi connectivity index (χ3v) is 4.56. The monoisotopic (exact) mass is 351 g/mol. The standard InChI is InChI=1S/C10H6Cl4F3N2/c1-18-7-5(13)3(11)4(12)6(14)8(7)19(2)9(18)10(15,16)17/h1-2H3/q+1. The number of halogens is 7. The molecule has 0 atom stereocenters. The number of hydrogen-bond acceptors (Lipinski definition) is 0. The molecule has 0 aliphatic carbocycles. The summed E-state index contributed by atoms with van der Waals surface area (Å²) in [6.45, 7) is 0. The fourth-order valence-corrected chi connectivity index (χ4v) is 3.12. The molecular weight excluding hydrogens is 347 g/mol. The van der Waals surface area contributed by atoms with Crippen LogP contribution in [0.5, 0.6) is 0 Å². The smallest absolute Gasteiger partial charge is 0.220 e. The van der Waals surface area contributed by atoms with Crippen LogP contribution in [0.25, 0.3) is 11.0 Å². The van der Waals surface area contributed by atoms with Crippen LogP contribution >= 0.6 is 46.4 Å². The molecule has 104 valence electrons. The van der Waals surface area contributed by atoms with Crippen molar-refractivity contribution < 1.29 is 17.7 Å². The molecule has 9 heteroatoms. The van der Waals surface area contributed by atoms with Gasteiger partial charge in [0.25, 0.3) is 0 Å². The summed E-state index contributed by atoms with van der Waals surface area (Å²) < 4.78 is 40.8. The molecule has 0 saturated carbocycles. The minimum atomic E-state index is -4.56. The number of alkyl halides is 3. The van der Waals surface area contributed by atoms with Crippen LogP contribution < -0.4 is 4.57 Å². The summed E-state index contributed by atoms with van der Waals surface area (Å²) in [5.74, 6) is -0.912. The van der Waals surface area contributed by atoms with Gasteiger partial charge in [-0.15, -0.1) is 0 Å². The zero-order valence-corrected chi connectivity index (χ0v) is 12.6. The summed E-state index contributed by atoms with van der Waals surface area (Å²) in [6, 6.07) is 0. The van der Waals surface area contributed by atoms with Crippen molar-refractivity contribution in [2.45, 2.75) is 6.18 Å². The van der Waals surface area contributed by atoms with Gasteiger partial charge in [-0.1, -0.05) is 46.4 Å². The van der Waals surface area contributed by atoms with E-state index in [1.54, 1.807) is 0 Å². The molecule has 0 aliphatic heterocycles. The molecule has 0 N–H and O–H groups in total. The summed E-state index contributed by atoms with van der Waals surface area (Å²) in [5.41, 5.74) is 0.159. The second-order valence-corrected chi connectivity index (χ2v) is 5.40. The van der Waals surface area contributed by atoms with Gasteiger partial charge < -0.3 is 0 Å². The molecule has 2 rings (SSSR count). The Hall–Kier alpha value is -0.360. The van der Waals surface area contributed by atoms with Gasteiger partial charge in [-0.05, 0) is 0 Å². The van der Waals surface area contributed by atoms with Crippen molar-refractivity contribution in [1.29, 1.82) is 0 Å². The van der Waals surface area contributed by atoms with Gasteiger partial charge in [-0.3, -0.25) is 0 Å². The van der Waals surface area contributed by atoms with Crippen molar-refractivity contribution in [2.24, 2.45) is 14.1 Å². The Morgan fingerprint density at radius 1 is 0.947 bits per heavy atom. The highest BCUT2D eigenvalue weighted by Gasteiger charge is 2.46. The van der Waals surface area contributed by atoms with Crippen molar-refractivity contribution in [3.63, 3.8) is 0 Å². The maximum Gasteiger partial charge on any atom is 0.495 e. The Bertz CT molecular complexity index is 640. The first-order chi connectivity index (χ1) is 8.59. The lowest BCUT2D eigenvalue weighted by molar-refractivity contribution is -0.667. The van der Waals surface area contributed by atoms with E-state index in [0.717, 1.165) is 9.13 Å². The van der Waals surface area contributed by atoms with Gasteiger partial charge in [0, 0.05) is 0 Å². The second-order valence-electron chi connectivity index (χ2n) is 3.89. The van der Waals surface area contributed by atoms with Gasteiger partial charge in [0.15, 0.2) is 11.0 Å². The molecular formula is C10H6Cl4F3N2+. The maximum absolute atomic E-state index is 13.0. The zero-order valence-electron chi connectivity index (χ0n) is 9.54. The van der Waals surface area contributed by atoms with Crippen LogP contribution in [0, 0.1) is 0 Å². The SMILES string of the molecule is Cn1c(C(F)(F)F)[n+](C)c2c(Cl)c(Cl)c(Cl)c(Cl)c21. The topological polar surface area (TPSA) is 8.81 Å². The number of aryl methyl sites for hydroxylation is 2. The highest BCUT2D eigenvalue weighted by Crippen LogP contribution is 2.43. The maximum atomic E-state index is 13.0. The van der Waals surface area contributed by atoms with Crippen LogP contribution in [0.1, 0.15) is 5.82 Å². The first-order valence-corrected chi connectivity index (χ1v) is 6.37. The lowest BCUT2D eigenvalue weighted by Crippen LogP contribution is -2.38. The van der Waals surface area contributed by atoms with Crippen molar-refractivity contribution in [1.82, 2.24) is 4.57 Å². The Morgan fingerprint density at radius 2 is 1.42 bits per heavy atom. The van der Waals surface area contributed by atoms with E-state index in [1.165, 1.54) is 14.1 Å². The summed E-state index contributed by atoms with van der Waals surface area (Å²) in [7, 11) is 2.47. The first kappa shape index (κ1) is 15.0. The third-order valence-electron chi connectivity index (χ3n) is 2.78. The van der Waals surface area contributed by atoms with Crippen LogP contribution in [0.3, 0.4) is 0 Å². The normalized spacial score (nSPS) is 12.5. The Labute approximate surface area is 126 Å². The van der Waals surface area contributed by atoms with Gasteiger partial charge in [-0.25, -0.2) is 9.13 Å². The van der Waals surface area contributed by atoms with Gasteiger partial charge >= 0.3 is 12.0 Å². The van der Waals surface area contributed by atoms with E-state index in [9.17, 15) is 13.2 Å². The first-order valence-electron chi connectivity index (χ1n) is 4.86.